The van der Waals surface area contributed by atoms with Crippen LogP contribution in [0, 0.1) is 5.92 Å². The van der Waals surface area contributed by atoms with E-state index in [9.17, 15) is 9.59 Å². The van der Waals surface area contributed by atoms with E-state index in [0.29, 0.717) is 5.57 Å². The highest BCUT2D eigenvalue weighted by Gasteiger charge is 2.65. The van der Waals surface area contributed by atoms with Crippen LogP contribution in [-0.2, 0) is 19.7 Å². The maximum Gasteiger partial charge on any atom is 0.336 e. The van der Waals surface area contributed by atoms with Gasteiger partial charge in [0, 0.05) is 24.5 Å². The number of ether oxygens (including phenoxy) is 1. The van der Waals surface area contributed by atoms with E-state index in [4.69, 9.17) is 4.74 Å². The van der Waals surface area contributed by atoms with E-state index in [0.717, 1.165) is 42.0 Å². The van der Waals surface area contributed by atoms with Gasteiger partial charge in [-0.15, -0.1) is 0 Å². The highest BCUT2D eigenvalue weighted by atomic mass is 16.5. The minimum Gasteiger partial charge on any atom is -0.466 e. The summed E-state index contributed by atoms with van der Waals surface area (Å²) in [5.41, 5.74) is 4.10. The Morgan fingerprint density at radius 1 is 1.40 bits per heavy atom. The van der Waals surface area contributed by atoms with Gasteiger partial charge in [-0.2, -0.15) is 0 Å². The topological polar surface area (TPSA) is 58.6 Å². The number of methoxy groups -OCH3 is 1. The fourth-order valence-electron chi connectivity index (χ4n) is 5.43. The number of fused-ring (bicyclic) bond motifs is 2. The van der Waals surface area contributed by atoms with Crippen molar-refractivity contribution in [3.63, 3.8) is 0 Å². The van der Waals surface area contributed by atoms with Crippen molar-refractivity contribution in [3.05, 3.63) is 52.7 Å². The van der Waals surface area contributed by atoms with E-state index in [1.807, 2.05) is 31.2 Å². The van der Waals surface area contributed by atoms with Gasteiger partial charge >= 0.3 is 5.97 Å². The Morgan fingerprint density at radius 2 is 2.20 bits per heavy atom. The number of benzene rings is 1. The minimum atomic E-state index is -0.485. The summed E-state index contributed by atoms with van der Waals surface area (Å²) in [5, 5.41) is 3.49. The molecule has 0 radical (unpaired) electrons. The van der Waals surface area contributed by atoms with Crippen LogP contribution in [0.5, 0.6) is 0 Å². The highest BCUT2D eigenvalue weighted by molar-refractivity contribution is 6.08. The Hall–Kier alpha value is -2.40. The number of hydrogen-bond donors (Lipinski definition) is 1. The lowest BCUT2D eigenvalue weighted by molar-refractivity contribution is -0.140. The van der Waals surface area contributed by atoms with Crippen molar-refractivity contribution in [2.45, 2.75) is 24.8 Å². The first kappa shape index (κ1) is 14.9. The number of Topliss-reactive ketones (excluding diaryl/α,β-unsaturated/α-hetero) is 1. The first-order valence-electron chi connectivity index (χ1n) is 8.76. The van der Waals surface area contributed by atoms with E-state index in [1.165, 1.54) is 7.11 Å². The Bertz CT molecular complexity index is 885. The normalized spacial score (nSPS) is 34.0. The number of rotatable bonds is 1. The largest absolute Gasteiger partial charge is 0.466 e. The van der Waals surface area contributed by atoms with Crippen molar-refractivity contribution in [2.75, 3.05) is 25.5 Å². The Balaban J connectivity index is 1.87. The highest BCUT2D eigenvalue weighted by Crippen LogP contribution is 2.59. The number of esters is 1. The number of carbonyl (C=O) groups is 2. The van der Waals surface area contributed by atoms with Crippen molar-refractivity contribution < 1.29 is 14.3 Å². The number of anilines is 1. The summed E-state index contributed by atoms with van der Waals surface area (Å²) in [5.74, 6) is -0.743. The van der Waals surface area contributed by atoms with Gasteiger partial charge in [-0.1, -0.05) is 24.3 Å². The van der Waals surface area contributed by atoms with Crippen LogP contribution in [0.3, 0.4) is 0 Å². The van der Waals surface area contributed by atoms with Gasteiger partial charge in [0.05, 0.1) is 30.1 Å². The molecule has 2 saturated heterocycles. The molecule has 2 fully saturated rings. The second kappa shape index (κ2) is 4.82. The quantitative estimate of drug-likeness (QED) is 0.628. The maximum atomic E-state index is 13.5. The summed E-state index contributed by atoms with van der Waals surface area (Å²) in [4.78, 5) is 28.5. The smallest absolute Gasteiger partial charge is 0.336 e. The van der Waals surface area contributed by atoms with Crippen molar-refractivity contribution in [2.24, 2.45) is 5.92 Å². The molecule has 3 heterocycles. The fraction of sp³-hybridized carbons (Fsp3) is 0.400. The third kappa shape index (κ3) is 1.57. The lowest BCUT2D eigenvalue weighted by atomic mass is 9.61. The number of nitrogens with one attached hydrogen (secondary N) is 1. The molecule has 128 valence electrons. The maximum absolute atomic E-state index is 13.5. The summed E-state index contributed by atoms with van der Waals surface area (Å²) < 4.78 is 5.10. The molecular weight excluding hydrogens is 316 g/mol. The summed E-state index contributed by atoms with van der Waals surface area (Å²) in [7, 11) is 1.39. The number of carbonyl (C=O) groups excluding carboxylic acids is 2. The molecule has 1 aromatic carbocycles. The molecule has 1 aromatic rings. The van der Waals surface area contributed by atoms with Crippen LogP contribution in [0.25, 0.3) is 0 Å². The first-order valence-corrected chi connectivity index (χ1v) is 8.76. The summed E-state index contributed by atoms with van der Waals surface area (Å²) in [6.07, 6.45) is 2.82. The molecule has 1 unspecified atom stereocenters. The van der Waals surface area contributed by atoms with Crippen molar-refractivity contribution in [3.8, 4) is 0 Å². The van der Waals surface area contributed by atoms with Crippen LogP contribution in [-0.4, -0.2) is 42.9 Å². The number of hydrogen-bond acceptors (Lipinski definition) is 5. The molecule has 0 amide bonds. The van der Waals surface area contributed by atoms with E-state index in [-0.39, 0.29) is 11.8 Å². The molecule has 25 heavy (non-hydrogen) atoms. The predicted octanol–water partition coefficient (Wildman–Crippen LogP) is 2.01. The lowest BCUT2D eigenvalue weighted by Crippen LogP contribution is -2.59. The van der Waals surface area contributed by atoms with Crippen molar-refractivity contribution in [1.82, 2.24) is 4.90 Å². The van der Waals surface area contributed by atoms with Gasteiger partial charge in [-0.3, -0.25) is 9.69 Å². The predicted molar refractivity (Wildman–Crippen MR) is 93.0 cm³/mol. The van der Waals surface area contributed by atoms with Gasteiger partial charge in [0.1, 0.15) is 0 Å². The first-order chi connectivity index (χ1) is 12.1. The number of allylic oxidation sites excluding steroid dienone is 1. The molecule has 1 N–H and O–H groups in total. The summed E-state index contributed by atoms with van der Waals surface area (Å²) in [6.45, 7) is 3.54. The average molecular weight is 336 g/mol. The van der Waals surface area contributed by atoms with E-state index >= 15 is 0 Å². The number of piperidine rings is 1. The van der Waals surface area contributed by atoms with Gasteiger partial charge in [0.25, 0.3) is 0 Å². The Morgan fingerprint density at radius 3 is 2.96 bits per heavy atom. The second-order valence-electron chi connectivity index (χ2n) is 7.24. The van der Waals surface area contributed by atoms with Gasteiger partial charge in [0.15, 0.2) is 5.78 Å². The lowest BCUT2D eigenvalue weighted by Gasteiger charge is -2.47. The third-order valence-corrected chi connectivity index (χ3v) is 6.38. The fourth-order valence-corrected chi connectivity index (χ4v) is 5.43. The van der Waals surface area contributed by atoms with Crippen LogP contribution in [0.15, 0.2) is 47.2 Å². The van der Waals surface area contributed by atoms with Gasteiger partial charge in [0.2, 0.25) is 0 Å². The van der Waals surface area contributed by atoms with E-state index in [2.05, 4.69) is 16.3 Å². The van der Waals surface area contributed by atoms with E-state index < -0.39 is 17.3 Å². The molecule has 1 aliphatic carbocycles. The second-order valence-corrected chi connectivity index (χ2v) is 7.24. The molecule has 2 bridgehead atoms. The number of ketones is 1. The standard InChI is InChI=1S/C20H20N2O3/c1-3-11-10-22-9-8-20-12-6-4-5-7-13(12)21-17(20)15(19(24)25-2)14(11)16(23)18(20)22/h3-7,14,18,21H,8-10H2,1-2H3/b11-3-/t14?,18-,20-/m0/s1. The Kier molecular flexibility index (Phi) is 2.87. The van der Waals surface area contributed by atoms with Crippen LogP contribution < -0.4 is 5.32 Å². The molecule has 1 spiro atoms. The van der Waals surface area contributed by atoms with Crippen LogP contribution in [0.1, 0.15) is 18.9 Å². The average Bonchev–Trinajstić information content (AvgIpc) is 3.18. The number of nitrogens with zero attached hydrogens (tertiary/aromatic N) is 1. The van der Waals surface area contributed by atoms with Crippen molar-refractivity contribution in [1.29, 1.82) is 0 Å². The SMILES string of the molecule is C/C=C1/CN2CC[C@]34C(=C(C(=O)OC)C1C(=O)[C@H]23)Nc1ccccc14. The summed E-state index contributed by atoms with van der Waals surface area (Å²) >= 11 is 0. The van der Waals surface area contributed by atoms with Crippen LogP contribution in [0.2, 0.25) is 0 Å². The van der Waals surface area contributed by atoms with Crippen LogP contribution in [0.4, 0.5) is 5.69 Å². The molecule has 5 nitrogen and oxygen atoms in total. The summed E-state index contributed by atoms with van der Waals surface area (Å²) in [6, 6.07) is 7.91. The Labute approximate surface area is 146 Å². The molecule has 0 aromatic heterocycles. The minimum absolute atomic E-state index is 0.138. The van der Waals surface area contributed by atoms with Crippen molar-refractivity contribution >= 4 is 17.4 Å². The molecule has 4 aliphatic rings. The van der Waals surface area contributed by atoms with Gasteiger partial charge in [-0.05, 0) is 30.5 Å². The van der Waals surface area contributed by atoms with E-state index in [1.54, 1.807) is 0 Å². The zero-order valence-corrected chi connectivity index (χ0v) is 14.3. The zero-order valence-electron chi connectivity index (χ0n) is 14.3. The van der Waals surface area contributed by atoms with Gasteiger partial charge < -0.3 is 10.1 Å². The zero-order chi connectivity index (χ0) is 17.3. The van der Waals surface area contributed by atoms with Gasteiger partial charge in [-0.25, -0.2) is 4.79 Å². The molecule has 3 atom stereocenters. The molecule has 5 heteroatoms. The van der Waals surface area contributed by atoms with Crippen LogP contribution >= 0.6 is 0 Å². The monoisotopic (exact) mass is 336 g/mol. The molecule has 5 rings (SSSR count). The third-order valence-electron chi connectivity index (χ3n) is 6.38. The molecule has 3 aliphatic heterocycles. The molecular formula is C20H20N2O3. The number of para-hydroxylation sites is 1. The molecule has 0 saturated carbocycles.